The van der Waals surface area contributed by atoms with Gasteiger partial charge in [0.05, 0.1) is 0 Å². The third-order valence-corrected chi connectivity index (χ3v) is 5.32. The summed E-state index contributed by atoms with van der Waals surface area (Å²) in [6.07, 6.45) is 5.87. The first kappa shape index (κ1) is 15.1. The smallest absolute Gasteiger partial charge is 0.0435 e. The van der Waals surface area contributed by atoms with E-state index in [2.05, 4.69) is 98.6 Å². The van der Waals surface area contributed by atoms with Crippen LogP contribution in [0.4, 0.5) is 0 Å². The predicted octanol–water partition coefficient (Wildman–Crippen LogP) is 4.97. The van der Waals surface area contributed by atoms with Crippen molar-refractivity contribution in [3.63, 3.8) is 0 Å². The second kappa shape index (κ2) is 6.10. The monoisotopic (exact) mass is 291 g/mol. The van der Waals surface area contributed by atoms with Crippen LogP contribution >= 0.6 is 0 Å². The average Bonchev–Trinajstić information content (AvgIpc) is 2.80. The number of rotatable bonds is 3. The van der Waals surface area contributed by atoms with Gasteiger partial charge in [0.2, 0.25) is 0 Å². The molecule has 1 heterocycles. The van der Waals surface area contributed by atoms with Gasteiger partial charge in [-0.1, -0.05) is 72.8 Å². The Morgan fingerprint density at radius 2 is 1.59 bits per heavy atom. The molecule has 1 heteroatoms. The van der Waals surface area contributed by atoms with Crippen LogP contribution < -0.4 is 0 Å². The highest BCUT2D eigenvalue weighted by molar-refractivity contribution is 5.51. The molecule has 0 radical (unpaired) electrons. The third-order valence-electron chi connectivity index (χ3n) is 5.32. The maximum Gasteiger partial charge on any atom is 0.0435 e. The highest BCUT2D eigenvalue weighted by Gasteiger charge is 2.45. The van der Waals surface area contributed by atoms with E-state index in [0.717, 1.165) is 0 Å². The summed E-state index contributed by atoms with van der Waals surface area (Å²) in [6.45, 7) is 4.70. The lowest BCUT2D eigenvalue weighted by atomic mass is 9.80. The minimum absolute atomic E-state index is 0.0522. The fraction of sp³-hybridized carbons (Fsp3) is 0.333. The van der Waals surface area contributed by atoms with Crippen LogP contribution in [-0.2, 0) is 0 Å². The van der Waals surface area contributed by atoms with Crippen LogP contribution in [0.1, 0.15) is 37.3 Å². The molecule has 1 nitrogen and oxygen atoms in total. The van der Waals surface area contributed by atoms with Crippen molar-refractivity contribution in [3.8, 4) is 0 Å². The molecule has 0 N–H and O–H groups in total. The summed E-state index contributed by atoms with van der Waals surface area (Å²) in [5.74, 6) is 0.536. The molecule has 1 fully saturated rings. The molecule has 3 unspecified atom stereocenters. The Hall–Kier alpha value is -1.86. The molecule has 114 valence electrons. The van der Waals surface area contributed by atoms with Crippen molar-refractivity contribution in [1.82, 2.24) is 4.90 Å². The molecule has 3 atom stereocenters. The molecule has 22 heavy (non-hydrogen) atoms. The first-order valence-corrected chi connectivity index (χ1v) is 8.13. The lowest BCUT2D eigenvalue weighted by molar-refractivity contribution is 0.196. The fourth-order valence-corrected chi connectivity index (χ4v) is 3.68. The van der Waals surface area contributed by atoms with Crippen molar-refractivity contribution in [3.05, 3.63) is 77.9 Å². The van der Waals surface area contributed by atoms with E-state index in [1.165, 1.54) is 17.5 Å². The van der Waals surface area contributed by atoms with E-state index in [9.17, 15) is 0 Å². The lowest BCUT2D eigenvalue weighted by Gasteiger charge is -2.36. The van der Waals surface area contributed by atoms with Gasteiger partial charge in [0.1, 0.15) is 0 Å². The van der Waals surface area contributed by atoms with Crippen LogP contribution in [-0.4, -0.2) is 23.5 Å². The first-order valence-electron chi connectivity index (χ1n) is 8.13. The number of likely N-dealkylation sites (tertiary alicyclic amines) is 1. The standard InChI is InChI=1S/C21H25N/c1-17-16-20(19-12-8-5-9-13-19)21(2,22(17)3)15-14-18-10-6-4-7-11-18/h4-15,17,20H,16H2,1-3H3/b15-14+. The summed E-state index contributed by atoms with van der Waals surface area (Å²) >= 11 is 0. The molecule has 0 bridgehead atoms. The number of hydrogen-bond donors (Lipinski definition) is 0. The van der Waals surface area contributed by atoms with Gasteiger partial charge in [-0.15, -0.1) is 0 Å². The molecule has 0 saturated carbocycles. The van der Waals surface area contributed by atoms with Gasteiger partial charge in [-0.3, -0.25) is 4.90 Å². The Bertz CT molecular complexity index is 631. The maximum atomic E-state index is 2.52. The molecule has 1 aliphatic heterocycles. The topological polar surface area (TPSA) is 3.24 Å². The zero-order valence-electron chi connectivity index (χ0n) is 13.7. The summed E-state index contributed by atoms with van der Waals surface area (Å²) in [5, 5.41) is 0. The minimum Gasteiger partial charge on any atom is -0.294 e. The second-order valence-electron chi connectivity index (χ2n) is 6.63. The molecular weight excluding hydrogens is 266 g/mol. The van der Waals surface area contributed by atoms with Gasteiger partial charge in [-0.2, -0.15) is 0 Å². The van der Waals surface area contributed by atoms with E-state index >= 15 is 0 Å². The largest absolute Gasteiger partial charge is 0.294 e. The van der Waals surface area contributed by atoms with Crippen LogP contribution in [0.15, 0.2) is 66.7 Å². The quantitative estimate of drug-likeness (QED) is 0.772. The molecule has 3 rings (SSSR count). The molecule has 0 aliphatic carbocycles. The van der Waals surface area contributed by atoms with Crippen LogP contribution in [0, 0.1) is 0 Å². The van der Waals surface area contributed by atoms with Crippen LogP contribution in [0.25, 0.3) is 6.08 Å². The number of likely N-dealkylation sites (N-methyl/N-ethyl adjacent to an activating group) is 1. The van der Waals surface area contributed by atoms with Crippen molar-refractivity contribution < 1.29 is 0 Å². The Balaban J connectivity index is 1.95. The zero-order chi connectivity index (χ0) is 15.6. The van der Waals surface area contributed by atoms with Gasteiger partial charge < -0.3 is 0 Å². The van der Waals surface area contributed by atoms with Crippen molar-refractivity contribution in [1.29, 1.82) is 0 Å². The van der Waals surface area contributed by atoms with Gasteiger partial charge in [-0.05, 0) is 38.4 Å². The second-order valence-corrected chi connectivity index (χ2v) is 6.63. The average molecular weight is 291 g/mol. The van der Waals surface area contributed by atoms with E-state index in [4.69, 9.17) is 0 Å². The summed E-state index contributed by atoms with van der Waals surface area (Å²) in [5.41, 5.74) is 2.76. The molecule has 2 aromatic carbocycles. The number of nitrogens with zero attached hydrogens (tertiary/aromatic N) is 1. The molecule has 2 aromatic rings. The molecule has 0 aromatic heterocycles. The summed E-state index contributed by atoms with van der Waals surface area (Å²) in [4.78, 5) is 2.52. The van der Waals surface area contributed by atoms with Gasteiger partial charge in [-0.25, -0.2) is 0 Å². The van der Waals surface area contributed by atoms with E-state index in [1.807, 2.05) is 0 Å². The van der Waals surface area contributed by atoms with E-state index in [1.54, 1.807) is 0 Å². The van der Waals surface area contributed by atoms with E-state index < -0.39 is 0 Å². The number of benzene rings is 2. The van der Waals surface area contributed by atoms with E-state index in [0.29, 0.717) is 12.0 Å². The Kier molecular flexibility index (Phi) is 4.17. The minimum atomic E-state index is 0.0522. The van der Waals surface area contributed by atoms with Gasteiger partial charge >= 0.3 is 0 Å². The molecular formula is C21H25N. The van der Waals surface area contributed by atoms with Crippen molar-refractivity contribution in [2.45, 2.75) is 37.8 Å². The Labute approximate surface area is 134 Å². The molecule has 0 amide bonds. The SMILES string of the molecule is CC1CC(c2ccccc2)C(C)(/C=C/c2ccccc2)N1C. The zero-order valence-corrected chi connectivity index (χ0v) is 13.7. The first-order chi connectivity index (χ1) is 10.6. The van der Waals surface area contributed by atoms with Gasteiger partial charge in [0, 0.05) is 17.5 Å². The van der Waals surface area contributed by atoms with Gasteiger partial charge in [0.15, 0.2) is 0 Å². The van der Waals surface area contributed by atoms with E-state index in [-0.39, 0.29) is 5.54 Å². The highest BCUT2D eigenvalue weighted by atomic mass is 15.2. The maximum absolute atomic E-state index is 2.52. The normalized spacial score (nSPS) is 29.2. The summed E-state index contributed by atoms with van der Waals surface area (Å²) in [7, 11) is 2.25. The van der Waals surface area contributed by atoms with Crippen molar-refractivity contribution >= 4 is 6.08 Å². The highest BCUT2D eigenvalue weighted by Crippen LogP contribution is 2.45. The summed E-state index contributed by atoms with van der Waals surface area (Å²) < 4.78 is 0. The van der Waals surface area contributed by atoms with Gasteiger partial charge in [0.25, 0.3) is 0 Å². The van der Waals surface area contributed by atoms with Crippen molar-refractivity contribution in [2.24, 2.45) is 0 Å². The molecule has 1 saturated heterocycles. The molecule has 0 spiro atoms. The van der Waals surface area contributed by atoms with Crippen LogP contribution in [0.5, 0.6) is 0 Å². The predicted molar refractivity (Wildman–Crippen MR) is 94.9 cm³/mol. The van der Waals surface area contributed by atoms with Crippen molar-refractivity contribution in [2.75, 3.05) is 7.05 Å². The van der Waals surface area contributed by atoms with Crippen LogP contribution in [0.3, 0.4) is 0 Å². The van der Waals surface area contributed by atoms with Crippen LogP contribution in [0.2, 0.25) is 0 Å². The summed E-state index contributed by atoms with van der Waals surface area (Å²) in [6, 6.07) is 22.1. The lowest BCUT2D eigenvalue weighted by Crippen LogP contribution is -2.42. The molecule has 1 aliphatic rings. The fourth-order valence-electron chi connectivity index (χ4n) is 3.68. The number of hydrogen-bond acceptors (Lipinski definition) is 1. The Morgan fingerprint density at radius 3 is 2.23 bits per heavy atom. The third kappa shape index (κ3) is 2.74. The Morgan fingerprint density at radius 1 is 1.00 bits per heavy atom.